The summed E-state index contributed by atoms with van der Waals surface area (Å²) in [7, 11) is 0. The van der Waals surface area contributed by atoms with Crippen molar-refractivity contribution in [2.75, 3.05) is 6.67 Å². The molecule has 1 aliphatic rings. The van der Waals surface area contributed by atoms with Crippen LogP contribution in [0.4, 0.5) is 4.39 Å². The summed E-state index contributed by atoms with van der Waals surface area (Å²) in [5.41, 5.74) is 0. The number of hydrogen-bond donors (Lipinski definition) is 0. The van der Waals surface area contributed by atoms with Gasteiger partial charge < -0.3 is 0 Å². The van der Waals surface area contributed by atoms with Crippen molar-refractivity contribution in [1.82, 2.24) is 0 Å². The van der Waals surface area contributed by atoms with E-state index in [1.54, 1.807) is 0 Å². The van der Waals surface area contributed by atoms with Crippen LogP contribution >= 0.6 is 0 Å². The smallest absolute Gasteiger partial charge is 0.0897 e. The van der Waals surface area contributed by atoms with E-state index in [9.17, 15) is 4.39 Å². The van der Waals surface area contributed by atoms with Crippen molar-refractivity contribution in [3.63, 3.8) is 0 Å². The highest BCUT2D eigenvalue weighted by molar-refractivity contribution is 4.71. The minimum absolute atomic E-state index is 0. The zero-order valence-electron chi connectivity index (χ0n) is 7.48. The predicted octanol–water partition coefficient (Wildman–Crippen LogP) is 4.20. The fourth-order valence-corrected chi connectivity index (χ4v) is 2.08. The van der Waals surface area contributed by atoms with E-state index in [2.05, 4.69) is 6.92 Å². The molecule has 0 N–H and O–H groups in total. The van der Waals surface area contributed by atoms with Crippen LogP contribution in [-0.2, 0) is 0 Å². The van der Waals surface area contributed by atoms with Crippen LogP contribution in [0.1, 0.15) is 52.9 Å². The van der Waals surface area contributed by atoms with Crippen molar-refractivity contribution in [3.05, 3.63) is 0 Å². The molecule has 1 fully saturated rings. The number of alkyl halides is 1. The van der Waals surface area contributed by atoms with Crippen molar-refractivity contribution in [2.24, 2.45) is 11.8 Å². The fraction of sp³-hybridized carbons (Fsp3) is 1.00. The van der Waals surface area contributed by atoms with Gasteiger partial charge in [0.2, 0.25) is 0 Å². The van der Waals surface area contributed by atoms with Crippen LogP contribution in [0.5, 0.6) is 0 Å². The maximum absolute atomic E-state index is 12.0. The third-order valence-corrected chi connectivity index (χ3v) is 3.06. The molecule has 0 bridgehead atoms. The van der Waals surface area contributed by atoms with E-state index in [0.717, 1.165) is 12.3 Å². The quantitative estimate of drug-likeness (QED) is 0.601. The monoisotopic (exact) mass is 174 g/mol. The lowest BCUT2D eigenvalue weighted by atomic mass is 9.80. The molecule has 12 heavy (non-hydrogen) atoms. The van der Waals surface area contributed by atoms with Crippen molar-refractivity contribution >= 4 is 0 Å². The maximum Gasteiger partial charge on any atom is 0.0897 e. The van der Waals surface area contributed by atoms with Gasteiger partial charge in [-0.25, -0.2) is 0 Å². The van der Waals surface area contributed by atoms with Gasteiger partial charge in [0.25, 0.3) is 0 Å². The number of rotatable bonds is 3. The normalized spacial score (nSPS) is 29.5. The first kappa shape index (κ1) is 11.9. The highest BCUT2D eigenvalue weighted by atomic mass is 19.1. The Morgan fingerprint density at radius 3 is 2.00 bits per heavy atom. The summed E-state index contributed by atoms with van der Waals surface area (Å²) in [6.45, 7) is 2.15. The summed E-state index contributed by atoms with van der Waals surface area (Å²) in [6.07, 6.45) is 7.39. The summed E-state index contributed by atoms with van der Waals surface area (Å²) in [5, 5.41) is 0. The Morgan fingerprint density at radius 2 is 1.58 bits per heavy atom. The molecule has 0 atom stereocenters. The van der Waals surface area contributed by atoms with Crippen LogP contribution < -0.4 is 0 Å². The average Bonchev–Trinajstić information content (AvgIpc) is 2.07. The Morgan fingerprint density at radius 1 is 1.08 bits per heavy atom. The van der Waals surface area contributed by atoms with Gasteiger partial charge in [-0.15, -0.1) is 0 Å². The third-order valence-electron chi connectivity index (χ3n) is 3.06. The first-order valence-electron chi connectivity index (χ1n) is 4.92. The molecule has 0 heterocycles. The first-order valence-corrected chi connectivity index (χ1v) is 4.92. The minimum Gasteiger partial charge on any atom is -0.251 e. The van der Waals surface area contributed by atoms with Gasteiger partial charge in [-0.2, -0.15) is 0 Å². The summed E-state index contributed by atoms with van der Waals surface area (Å²) in [4.78, 5) is 0. The first-order chi connectivity index (χ1) is 5.36. The van der Waals surface area contributed by atoms with Crippen LogP contribution in [-0.4, -0.2) is 6.67 Å². The van der Waals surface area contributed by atoms with E-state index in [1.807, 2.05) is 0 Å². The number of halogens is 1. The number of hydrogen-bond acceptors (Lipinski definition) is 0. The van der Waals surface area contributed by atoms with Gasteiger partial charge in [-0.05, 0) is 18.3 Å². The molecule has 1 rings (SSSR count). The zero-order valence-corrected chi connectivity index (χ0v) is 7.48. The Balaban J connectivity index is 0.00000121. The lowest BCUT2D eigenvalue weighted by Crippen LogP contribution is -2.14. The van der Waals surface area contributed by atoms with Gasteiger partial charge in [0, 0.05) is 0 Å². The van der Waals surface area contributed by atoms with E-state index < -0.39 is 0 Å². The van der Waals surface area contributed by atoms with Gasteiger partial charge in [0.1, 0.15) is 0 Å². The summed E-state index contributed by atoms with van der Waals surface area (Å²) in [5.74, 6) is 1.66. The molecule has 1 saturated carbocycles. The van der Waals surface area contributed by atoms with E-state index in [0.29, 0.717) is 5.92 Å². The zero-order chi connectivity index (χ0) is 8.10. The lowest BCUT2D eigenvalue weighted by Gasteiger charge is -2.26. The predicted molar refractivity (Wildman–Crippen MR) is 53.1 cm³/mol. The Bertz CT molecular complexity index is 93.2. The second kappa shape index (κ2) is 6.45. The van der Waals surface area contributed by atoms with Crippen LogP contribution in [0, 0.1) is 11.8 Å². The molecule has 0 unspecified atom stereocenters. The maximum atomic E-state index is 12.0. The molecule has 0 spiro atoms. The molecule has 1 heteroatoms. The van der Waals surface area contributed by atoms with Crippen LogP contribution in [0.15, 0.2) is 0 Å². The SMILES string of the molecule is C.CCC1CCC(CCF)CC1. The molecule has 1 aliphatic carbocycles. The van der Waals surface area contributed by atoms with E-state index in [-0.39, 0.29) is 14.1 Å². The molecular formula is C11H23F. The summed E-state index contributed by atoms with van der Waals surface area (Å²) >= 11 is 0. The molecule has 0 aromatic carbocycles. The topological polar surface area (TPSA) is 0 Å². The van der Waals surface area contributed by atoms with Crippen molar-refractivity contribution < 1.29 is 4.39 Å². The molecule has 0 aromatic heterocycles. The van der Waals surface area contributed by atoms with Gasteiger partial charge in [-0.1, -0.05) is 46.5 Å². The van der Waals surface area contributed by atoms with E-state index in [4.69, 9.17) is 0 Å². The Labute approximate surface area is 76.6 Å². The molecule has 74 valence electrons. The largest absolute Gasteiger partial charge is 0.251 e. The van der Waals surface area contributed by atoms with Gasteiger partial charge in [0.05, 0.1) is 6.67 Å². The third kappa shape index (κ3) is 3.55. The standard InChI is InChI=1S/C10H19F.CH4/c1-2-9-3-5-10(6-4-9)7-8-11;/h9-10H,2-8H2,1H3;1H4. The summed E-state index contributed by atoms with van der Waals surface area (Å²) in [6, 6.07) is 0. The highest BCUT2D eigenvalue weighted by Crippen LogP contribution is 2.32. The molecule has 0 aromatic rings. The minimum atomic E-state index is -0.110. The second-order valence-electron chi connectivity index (χ2n) is 3.77. The van der Waals surface area contributed by atoms with Crippen LogP contribution in [0.25, 0.3) is 0 Å². The van der Waals surface area contributed by atoms with E-state index >= 15 is 0 Å². The highest BCUT2D eigenvalue weighted by Gasteiger charge is 2.19. The molecule has 0 saturated heterocycles. The van der Waals surface area contributed by atoms with Crippen LogP contribution in [0.2, 0.25) is 0 Å². The summed E-state index contributed by atoms with van der Waals surface area (Å²) < 4.78 is 12.0. The van der Waals surface area contributed by atoms with Crippen LogP contribution in [0.3, 0.4) is 0 Å². The average molecular weight is 174 g/mol. The molecular weight excluding hydrogens is 151 g/mol. The Kier molecular flexibility index (Phi) is 6.41. The van der Waals surface area contributed by atoms with Gasteiger partial charge in [-0.3, -0.25) is 4.39 Å². The van der Waals surface area contributed by atoms with Gasteiger partial charge in [0.15, 0.2) is 0 Å². The fourth-order valence-electron chi connectivity index (χ4n) is 2.08. The second-order valence-corrected chi connectivity index (χ2v) is 3.77. The molecule has 0 amide bonds. The molecule has 0 radical (unpaired) electrons. The van der Waals surface area contributed by atoms with E-state index in [1.165, 1.54) is 32.1 Å². The molecule has 0 aliphatic heterocycles. The van der Waals surface area contributed by atoms with Crippen molar-refractivity contribution in [2.45, 2.75) is 52.9 Å². The lowest BCUT2D eigenvalue weighted by molar-refractivity contribution is 0.243. The van der Waals surface area contributed by atoms with Crippen molar-refractivity contribution in [1.29, 1.82) is 0 Å². The van der Waals surface area contributed by atoms with Crippen molar-refractivity contribution in [3.8, 4) is 0 Å². The molecule has 0 nitrogen and oxygen atoms in total. The Hall–Kier alpha value is -0.0700. The van der Waals surface area contributed by atoms with Gasteiger partial charge >= 0.3 is 0 Å².